The number of hydrogen-bond acceptors (Lipinski definition) is 4. The van der Waals surface area contributed by atoms with Gasteiger partial charge in [-0.25, -0.2) is 4.79 Å². The summed E-state index contributed by atoms with van der Waals surface area (Å²) in [4.78, 5) is 11.2. The predicted molar refractivity (Wildman–Crippen MR) is 73.7 cm³/mol. The lowest BCUT2D eigenvalue weighted by Gasteiger charge is -2.10. The van der Waals surface area contributed by atoms with Crippen molar-refractivity contribution in [1.29, 1.82) is 0 Å². The summed E-state index contributed by atoms with van der Waals surface area (Å²) in [6.45, 7) is 4.02. The number of rotatable bonds is 4. The van der Waals surface area contributed by atoms with Crippen LogP contribution in [0.1, 0.15) is 30.2 Å². The summed E-state index contributed by atoms with van der Waals surface area (Å²) in [5, 5.41) is 16.3. The van der Waals surface area contributed by atoms with Crippen LogP contribution < -0.4 is 11.1 Å². The van der Waals surface area contributed by atoms with Crippen molar-refractivity contribution in [2.24, 2.45) is 0 Å². The number of carboxylic acid groups (broad SMARTS) is 1. The second kappa shape index (κ2) is 5.01. The maximum atomic E-state index is 11.2. The molecule has 19 heavy (non-hydrogen) atoms. The van der Waals surface area contributed by atoms with E-state index in [0.29, 0.717) is 17.1 Å². The molecule has 0 spiro atoms. The molecule has 0 aliphatic rings. The number of aromatic carboxylic acids is 1. The molecule has 0 radical (unpaired) electrons. The zero-order chi connectivity index (χ0) is 14.0. The number of aromatic nitrogens is 2. The molecule has 2 aromatic rings. The Morgan fingerprint density at radius 3 is 2.79 bits per heavy atom. The molecule has 2 rings (SSSR count). The first kappa shape index (κ1) is 12.9. The molecule has 4 N–H and O–H groups in total. The Morgan fingerprint density at radius 2 is 2.21 bits per heavy atom. The molecule has 0 unspecified atom stereocenters. The highest BCUT2D eigenvalue weighted by molar-refractivity contribution is 5.98. The van der Waals surface area contributed by atoms with Gasteiger partial charge < -0.3 is 16.2 Å². The first-order valence-electron chi connectivity index (χ1n) is 5.92. The van der Waals surface area contributed by atoms with Crippen molar-refractivity contribution in [1.82, 2.24) is 9.78 Å². The lowest BCUT2D eigenvalue weighted by Crippen LogP contribution is -2.05. The van der Waals surface area contributed by atoms with E-state index < -0.39 is 5.97 Å². The van der Waals surface area contributed by atoms with Gasteiger partial charge in [-0.15, -0.1) is 0 Å². The fourth-order valence-corrected chi connectivity index (χ4v) is 1.72. The van der Waals surface area contributed by atoms with E-state index in [4.69, 9.17) is 10.8 Å². The van der Waals surface area contributed by atoms with Crippen LogP contribution in [-0.2, 0) is 0 Å². The monoisotopic (exact) mass is 260 g/mol. The van der Waals surface area contributed by atoms with E-state index in [2.05, 4.69) is 10.4 Å². The molecule has 0 atom stereocenters. The van der Waals surface area contributed by atoms with Gasteiger partial charge in [0.1, 0.15) is 0 Å². The van der Waals surface area contributed by atoms with E-state index in [1.807, 2.05) is 20.0 Å². The zero-order valence-corrected chi connectivity index (χ0v) is 10.8. The number of carbonyl (C=O) groups is 1. The molecule has 100 valence electrons. The Hall–Kier alpha value is -2.50. The average molecular weight is 260 g/mol. The molecule has 0 bridgehead atoms. The third-order valence-corrected chi connectivity index (χ3v) is 2.73. The summed E-state index contributed by atoms with van der Waals surface area (Å²) in [6.07, 6.45) is 3.45. The van der Waals surface area contributed by atoms with Gasteiger partial charge in [-0.2, -0.15) is 5.10 Å². The number of para-hydroxylation sites is 1. The Kier molecular flexibility index (Phi) is 3.41. The summed E-state index contributed by atoms with van der Waals surface area (Å²) >= 11 is 0. The molecular formula is C13H16N4O2. The fraction of sp³-hybridized carbons (Fsp3) is 0.231. The fourth-order valence-electron chi connectivity index (χ4n) is 1.72. The number of anilines is 3. The maximum Gasteiger partial charge on any atom is 0.337 e. The highest BCUT2D eigenvalue weighted by Crippen LogP contribution is 2.27. The molecule has 1 aromatic carbocycles. The highest BCUT2D eigenvalue weighted by atomic mass is 16.4. The van der Waals surface area contributed by atoms with Crippen LogP contribution in [0.15, 0.2) is 30.6 Å². The van der Waals surface area contributed by atoms with Crippen molar-refractivity contribution in [3.05, 3.63) is 36.2 Å². The van der Waals surface area contributed by atoms with Crippen molar-refractivity contribution in [3.63, 3.8) is 0 Å². The molecule has 0 amide bonds. The Balaban J connectivity index is 2.34. The van der Waals surface area contributed by atoms with Crippen molar-refractivity contribution in [2.45, 2.75) is 19.9 Å². The van der Waals surface area contributed by atoms with Crippen LogP contribution >= 0.6 is 0 Å². The van der Waals surface area contributed by atoms with Gasteiger partial charge in [-0.3, -0.25) is 4.68 Å². The number of nitrogens with two attached hydrogens (primary N) is 1. The minimum atomic E-state index is -1.02. The summed E-state index contributed by atoms with van der Waals surface area (Å²) in [7, 11) is 0. The second-order valence-corrected chi connectivity index (χ2v) is 4.50. The number of nitrogens with one attached hydrogen (secondary N) is 1. The van der Waals surface area contributed by atoms with E-state index >= 15 is 0 Å². The predicted octanol–water partition coefficient (Wildman–Crippen LogP) is 2.49. The van der Waals surface area contributed by atoms with E-state index in [1.165, 1.54) is 6.07 Å². The summed E-state index contributed by atoms with van der Waals surface area (Å²) in [6, 6.07) is 5.01. The topological polar surface area (TPSA) is 93.2 Å². The molecule has 1 heterocycles. The van der Waals surface area contributed by atoms with Crippen molar-refractivity contribution < 1.29 is 9.90 Å². The normalized spacial score (nSPS) is 10.7. The first-order valence-corrected chi connectivity index (χ1v) is 5.92. The minimum absolute atomic E-state index is 0.136. The second-order valence-electron chi connectivity index (χ2n) is 4.50. The molecule has 0 saturated carbocycles. The number of carboxylic acids is 1. The van der Waals surface area contributed by atoms with Gasteiger partial charge in [0.15, 0.2) is 0 Å². The minimum Gasteiger partial charge on any atom is -0.478 e. The van der Waals surface area contributed by atoms with Crippen molar-refractivity contribution in [3.8, 4) is 0 Å². The molecule has 0 aliphatic heterocycles. The van der Waals surface area contributed by atoms with Crippen LogP contribution in [0, 0.1) is 0 Å². The van der Waals surface area contributed by atoms with Gasteiger partial charge in [0, 0.05) is 12.2 Å². The zero-order valence-electron chi connectivity index (χ0n) is 10.8. The highest BCUT2D eigenvalue weighted by Gasteiger charge is 2.13. The molecular weight excluding hydrogens is 244 g/mol. The molecule has 6 heteroatoms. The van der Waals surface area contributed by atoms with Crippen LogP contribution in [0.3, 0.4) is 0 Å². The van der Waals surface area contributed by atoms with Crippen LogP contribution in [0.25, 0.3) is 0 Å². The maximum absolute atomic E-state index is 11.2. The van der Waals surface area contributed by atoms with Crippen LogP contribution in [-0.4, -0.2) is 20.9 Å². The van der Waals surface area contributed by atoms with E-state index in [9.17, 15) is 4.79 Å². The van der Waals surface area contributed by atoms with E-state index in [1.54, 1.807) is 23.0 Å². The number of benzene rings is 1. The summed E-state index contributed by atoms with van der Waals surface area (Å²) in [5.41, 5.74) is 7.43. The van der Waals surface area contributed by atoms with Crippen LogP contribution in [0.2, 0.25) is 0 Å². The molecule has 0 aliphatic carbocycles. The van der Waals surface area contributed by atoms with Gasteiger partial charge >= 0.3 is 5.97 Å². The molecule has 6 nitrogen and oxygen atoms in total. The van der Waals surface area contributed by atoms with Crippen molar-refractivity contribution >= 4 is 23.0 Å². The molecule has 0 saturated heterocycles. The Bertz CT molecular complexity index is 604. The average Bonchev–Trinajstić information content (AvgIpc) is 2.80. The summed E-state index contributed by atoms with van der Waals surface area (Å²) in [5.74, 6) is -1.02. The Labute approximate surface area is 110 Å². The molecule has 0 fully saturated rings. The summed E-state index contributed by atoms with van der Waals surface area (Å²) < 4.78 is 1.78. The molecule has 1 aromatic heterocycles. The SMILES string of the molecule is CC(C)n1cc(Nc2c(N)cccc2C(=O)O)cn1. The smallest absolute Gasteiger partial charge is 0.337 e. The standard InChI is InChI=1S/C13H16N4O2/c1-8(2)17-7-9(6-15-17)16-12-10(13(18)19)4-3-5-11(12)14/h3-8,16H,14H2,1-2H3,(H,18,19). The van der Waals surface area contributed by atoms with Gasteiger partial charge in [-0.05, 0) is 26.0 Å². The van der Waals surface area contributed by atoms with E-state index in [-0.39, 0.29) is 11.6 Å². The van der Waals surface area contributed by atoms with Gasteiger partial charge in [0.25, 0.3) is 0 Å². The third kappa shape index (κ3) is 2.67. The number of nitrogens with zero attached hydrogens (tertiary/aromatic N) is 2. The number of hydrogen-bond donors (Lipinski definition) is 3. The lowest BCUT2D eigenvalue weighted by atomic mass is 10.1. The van der Waals surface area contributed by atoms with Crippen LogP contribution in [0.5, 0.6) is 0 Å². The lowest BCUT2D eigenvalue weighted by molar-refractivity contribution is 0.0698. The van der Waals surface area contributed by atoms with Crippen molar-refractivity contribution in [2.75, 3.05) is 11.1 Å². The van der Waals surface area contributed by atoms with Gasteiger partial charge in [-0.1, -0.05) is 6.07 Å². The number of nitrogen functional groups attached to an aromatic ring is 1. The largest absolute Gasteiger partial charge is 0.478 e. The van der Waals surface area contributed by atoms with Crippen LogP contribution in [0.4, 0.5) is 17.1 Å². The Morgan fingerprint density at radius 1 is 1.47 bits per heavy atom. The van der Waals surface area contributed by atoms with Gasteiger partial charge in [0.05, 0.1) is 28.8 Å². The third-order valence-electron chi connectivity index (χ3n) is 2.73. The van der Waals surface area contributed by atoms with Gasteiger partial charge in [0.2, 0.25) is 0 Å². The quantitative estimate of drug-likeness (QED) is 0.734. The van der Waals surface area contributed by atoms with E-state index in [0.717, 1.165) is 0 Å². The first-order chi connectivity index (χ1) is 8.99.